The lowest BCUT2D eigenvalue weighted by Gasteiger charge is -2.15. The highest BCUT2D eigenvalue weighted by atomic mass is 35.5. The Balaban J connectivity index is 1.71. The van der Waals surface area contributed by atoms with E-state index >= 15 is 0 Å². The maximum absolute atomic E-state index is 11.8. The summed E-state index contributed by atoms with van der Waals surface area (Å²) in [6.07, 6.45) is -0.799. The molecule has 1 atom stereocenters. The number of carbonyl (C=O) groups is 1. The number of ether oxygens (including phenoxy) is 3. The van der Waals surface area contributed by atoms with E-state index in [9.17, 15) is 4.79 Å². The Morgan fingerprint density at radius 3 is 2.50 bits per heavy atom. The molecule has 0 bridgehead atoms. The van der Waals surface area contributed by atoms with Crippen LogP contribution >= 0.6 is 34.8 Å². The summed E-state index contributed by atoms with van der Waals surface area (Å²) in [5.74, 6) is 1.22. The molecule has 0 radical (unpaired) electrons. The Bertz CT molecular complexity index is 1350. The summed E-state index contributed by atoms with van der Waals surface area (Å²) >= 11 is 18.5. The number of nitrogens with zero attached hydrogens (tertiary/aromatic N) is 2. The van der Waals surface area contributed by atoms with Crippen LogP contribution < -0.4 is 9.47 Å². The zero-order valence-corrected chi connectivity index (χ0v) is 20.9. The van der Waals surface area contributed by atoms with Crippen molar-refractivity contribution in [2.75, 3.05) is 7.11 Å². The summed E-state index contributed by atoms with van der Waals surface area (Å²) < 4.78 is 18.7. The van der Waals surface area contributed by atoms with E-state index in [1.54, 1.807) is 49.4 Å². The zero-order chi connectivity index (χ0) is 24.4. The molecule has 0 amide bonds. The maximum atomic E-state index is 11.8. The van der Waals surface area contributed by atoms with Crippen molar-refractivity contribution in [3.05, 3.63) is 81.1 Å². The monoisotopic (exact) mass is 518 g/mol. The zero-order valence-electron chi connectivity index (χ0n) is 18.6. The van der Waals surface area contributed by atoms with Gasteiger partial charge in [-0.15, -0.1) is 0 Å². The molecule has 4 aromatic rings. The molecule has 0 saturated heterocycles. The van der Waals surface area contributed by atoms with Crippen molar-refractivity contribution in [3.63, 3.8) is 0 Å². The molecule has 0 N–H and O–H groups in total. The number of aromatic nitrogens is 2. The molecule has 2 heterocycles. The van der Waals surface area contributed by atoms with Gasteiger partial charge in [-0.25, -0.2) is 9.78 Å². The molecule has 9 heteroatoms. The molecule has 0 aliphatic carbocycles. The Kier molecular flexibility index (Phi) is 7.22. The van der Waals surface area contributed by atoms with Gasteiger partial charge in [-0.1, -0.05) is 40.9 Å². The molecule has 34 heavy (non-hydrogen) atoms. The number of hydrogen-bond acceptors (Lipinski definition) is 5. The quantitative estimate of drug-likeness (QED) is 0.193. The van der Waals surface area contributed by atoms with E-state index in [4.69, 9.17) is 49.0 Å². The van der Waals surface area contributed by atoms with E-state index < -0.39 is 12.1 Å². The number of rotatable bonds is 7. The van der Waals surface area contributed by atoms with E-state index in [2.05, 4.69) is 4.98 Å². The van der Waals surface area contributed by atoms with E-state index in [0.29, 0.717) is 44.6 Å². The van der Waals surface area contributed by atoms with Gasteiger partial charge in [-0.3, -0.25) is 0 Å². The van der Waals surface area contributed by atoms with Gasteiger partial charge in [0.2, 0.25) is 0 Å². The number of benzene rings is 2. The first-order valence-corrected chi connectivity index (χ1v) is 11.5. The Hall–Kier alpha value is -2.93. The molecular weight excluding hydrogens is 499 g/mol. The normalized spacial score (nSPS) is 11.9. The number of esters is 1. The second-order valence-corrected chi connectivity index (χ2v) is 8.84. The average Bonchev–Trinajstić information content (AvgIpc) is 3.07. The molecule has 0 spiro atoms. The molecule has 0 aliphatic heterocycles. The molecule has 4 rings (SSSR count). The van der Waals surface area contributed by atoms with Gasteiger partial charge in [0.15, 0.2) is 11.9 Å². The Morgan fingerprint density at radius 2 is 1.79 bits per heavy atom. The third-order valence-electron chi connectivity index (χ3n) is 5.28. The first-order chi connectivity index (χ1) is 16.3. The molecule has 6 nitrogen and oxygen atoms in total. The van der Waals surface area contributed by atoms with Crippen molar-refractivity contribution < 1.29 is 19.0 Å². The van der Waals surface area contributed by atoms with Crippen LogP contribution in [0.1, 0.15) is 18.2 Å². The van der Waals surface area contributed by atoms with Crippen molar-refractivity contribution >= 4 is 51.8 Å². The van der Waals surface area contributed by atoms with Crippen LogP contribution in [-0.4, -0.2) is 28.7 Å². The summed E-state index contributed by atoms with van der Waals surface area (Å²) in [4.78, 5) is 16.3. The van der Waals surface area contributed by atoms with Crippen LogP contribution in [0.15, 0.2) is 54.6 Å². The number of pyridine rings is 1. The minimum atomic E-state index is -0.799. The maximum Gasteiger partial charge on any atom is 0.346 e. The highest BCUT2D eigenvalue weighted by molar-refractivity contribution is 6.32. The van der Waals surface area contributed by atoms with Crippen molar-refractivity contribution in [1.29, 1.82) is 0 Å². The minimum Gasteiger partial charge on any atom is -0.477 e. The summed E-state index contributed by atoms with van der Waals surface area (Å²) in [7, 11) is 1.31. The summed E-state index contributed by atoms with van der Waals surface area (Å²) in [5, 5.41) is 2.21. The van der Waals surface area contributed by atoms with Gasteiger partial charge in [0.25, 0.3) is 0 Å². The molecule has 2 aromatic carbocycles. The van der Waals surface area contributed by atoms with Gasteiger partial charge in [0.05, 0.1) is 23.2 Å². The van der Waals surface area contributed by atoms with Gasteiger partial charge in [0, 0.05) is 11.6 Å². The average molecular weight is 520 g/mol. The number of hydrogen-bond donors (Lipinski definition) is 0. The summed E-state index contributed by atoms with van der Waals surface area (Å²) in [5.41, 5.74) is 2.42. The van der Waals surface area contributed by atoms with E-state index in [-0.39, 0.29) is 0 Å². The number of halogens is 3. The van der Waals surface area contributed by atoms with Crippen LogP contribution in [0.3, 0.4) is 0 Å². The highest BCUT2D eigenvalue weighted by Gasteiger charge is 2.20. The number of methoxy groups -OCH3 is 1. The van der Waals surface area contributed by atoms with Crippen LogP contribution in [-0.2, 0) is 16.1 Å². The van der Waals surface area contributed by atoms with Crippen molar-refractivity contribution in [2.45, 2.75) is 26.5 Å². The van der Waals surface area contributed by atoms with Crippen LogP contribution in [0.2, 0.25) is 15.2 Å². The lowest BCUT2D eigenvalue weighted by Crippen LogP contribution is -2.25. The van der Waals surface area contributed by atoms with E-state index in [1.165, 1.54) is 7.11 Å². The van der Waals surface area contributed by atoms with Crippen LogP contribution in [0.5, 0.6) is 17.2 Å². The third kappa shape index (κ3) is 5.09. The predicted molar refractivity (Wildman–Crippen MR) is 134 cm³/mol. The molecular formula is C25H21Cl3N2O4. The second-order valence-electron chi connectivity index (χ2n) is 7.61. The molecule has 0 unspecified atom stereocenters. The van der Waals surface area contributed by atoms with Gasteiger partial charge < -0.3 is 18.8 Å². The van der Waals surface area contributed by atoms with Gasteiger partial charge >= 0.3 is 5.97 Å². The lowest BCUT2D eigenvalue weighted by atomic mass is 10.2. The first-order valence-electron chi connectivity index (χ1n) is 10.4. The van der Waals surface area contributed by atoms with E-state index in [1.807, 2.05) is 23.6 Å². The SMILES string of the molecule is COC(=O)[C@H](C)Oc1cc(Cn2c(C)c(Oc3ccc(Cl)cc3)c3ccc(Cl)nc32)ccc1Cl. The van der Waals surface area contributed by atoms with Crippen molar-refractivity contribution in [1.82, 2.24) is 9.55 Å². The summed E-state index contributed by atoms with van der Waals surface area (Å²) in [6.45, 7) is 4.00. The van der Waals surface area contributed by atoms with Crippen molar-refractivity contribution in [2.24, 2.45) is 0 Å². The Labute approximate surface area is 211 Å². The fraction of sp³-hybridized carbons (Fsp3) is 0.200. The third-order valence-corrected chi connectivity index (χ3v) is 6.06. The molecule has 0 aliphatic rings. The standard InChI is InChI=1S/C25H21Cl3N2O4/c1-14-23(34-18-7-5-17(26)6-8-18)19-9-11-22(28)29-24(19)30(14)13-16-4-10-20(27)21(12-16)33-15(2)25(31)32-3/h4-12,15H,13H2,1-3H3/t15-/m0/s1. The molecule has 0 saturated carbocycles. The van der Waals surface area contributed by atoms with E-state index in [0.717, 1.165) is 16.6 Å². The van der Waals surface area contributed by atoms with Gasteiger partial charge in [0.1, 0.15) is 22.3 Å². The highest BCUT2D eigenvalue weighted by Crippen LogP contribution is 2.37. The fourth-order valence-corrected chi connectivity index (χ4v) is 3.98. The topological polar surface area (TPSA) is 62.6 Å². The van der Waals surface area contributed by atoms with Crippen LogP contribution in [0.25, 0.3) is 11.0 Å². The summed E-state index contributed by atoms with van der Waals surface area (Å²) in [6, 6.07) is 16.2. The number of fused-ring (bicyclic) bond motifs is 1. The number of carbonyl (C=O) groups excluding carboxylic acids is 1. The first kappa shape index (κ1) is 24.2. The smallest absolute Gasteiger partial charge is 0.346 e. The van der Waals surface area contributed by atoms with Crippen molar-refractivity contribution in [3.8, 4) is 17.2 Å². The molecule has 176 valence electrons. The van der Waals surface area contributed by atoms with Crippen LogP contribution in [0.4, 0.5) is 0 Å². The molecule has 2 aromatic heterocycles. The van der Waals surface area contributed by atoms with Crippen LogP contribution in [0, 0.1) is 6.92 Å². The fourth-order valence-electron chi connectivity index (χ4n) is 3.55. The predicted octanol–water partition coefficient (Wildman–Crippen LogP) is 7.09. The molecule has 0 fully saturated rings. The lowest BCUT2D eigenvalue weighted by molar-refractivity contribution is -0.147. The van der Waals surface area contributed by atoms with Gasteiger partial charge in [-0.05, 0) is 67.9 Å². The van der Waals surface area contributed by atoms with Gasteiger partial charge in [-0.2, -0.15) is 0 Å². The Morgan fingerprint density at radius 1 is 1.06 bits per heavy atom. The second kappa shape index (κ2) is 10.1. The largest absolute Gasteiger partial charge is 0.477 e. The minimum absolute atomic E-state index is 0.372.